The number of carbonyl (C=O) groups is 1. The minimum atomic E-state index is -1.62. The third-order valence-electron chi connectivity index (χ3n) is 5.29. The van der Waals surface area contributed by atoms with Crippen LogP contribution in [0.15, 0.2) is 42.2 Å². The van der Waals surface area contributed by atoms with Crippen LogP contribution in [0.25, 0.3) is 10.4 Å². The lowest BCUT2D eigenvalue weighted by Gasteiger charge is -2.42. The molecule has 4 rings (SSSR count). The van der Waals surface area contributed by atoms with Gasteiger partial charge in [-0.05, 0) is 24.6 Å². The van der Waals surface area contributed by atoms with E-state index in [0.29, 0.717) is 23.6 Å². The second-order valence-corrected chi connectivity index (χ2v) is 8.32. The van der Waals surface area contributed by atoms with Crippen LogP contribution in [0.1, 0.15) is 42.2 Å². The molecule has 146 valence electrons. The number of halogens is 2. The molecule has 0 radical (unpaired) electrons. The first-order chi connectivity index (χ1) is 13.5. The molecule has 1 aliphatic rings. The van der Waals surface area contributed by atoms with Crippen molar-refractivity contribution >= 4 is 28.8 Å². The molecule has 1 N–H and O–H groups in total. The van der Waals surface area contributed by atoms with Crippen molar-refractivity contribution < 1.29 is 9.18 Å². The molecule has 0 aliphatic carbocycles. The molecule has 0 bridgehead atoms. The Morgan fingerprint density at radius 3 is 3.11 bits per heavy atom. The Balaban J connectivity index is 1.55. The Kier molecular flexibility index (Phi) is 5.21. The molecule has 4 heterocycles. The normalized spacial score (nSPS) is 22.4. The number of alkyl halides is 1. The lowest BCUT2D eigenvalue weighted by atomic mass is 9.83. The summed E-state index contributed by atoms with van der Waals surface area (Å²) in [6.07, 6.45) is 6.13. The molecule has 1 aliphatic heterocycles. The Morgan fingerprint density at radius 2 is 2.39 bits per heavy atom. The molecule has 3 aromatic heterocycles. The number of likely N-dealkylation sites (tertiary alicyclic amines) is 1. The molecule has 2 atom stereocenters. The molecule has 0 saturated carbocycles. The van der Waals surface area contributed by atoms with Crippen LogP contribution in [0.4, 0.5) is 4.39 Å². The quantitative estimate of drug-likeness (QED) is 0.643. The molecule has 1 amide bonds. The van der Waals surface area contributed by atoms with Crippen molar-refractivity contribution in [2.45, 2.75) is 37.9 Å². The lowest BCUT2D eigenvalue weighted by molar-refractivity contribution is 0.0119. The van der Waals surface area contributed by atoms with E-state index in [2.05, 4.69) is 15.2 Å². The van der Waals surface area contributed by atoms with Crippen molar-refractivity contribution in [2.75, 3.05) is 6.54 Å². The topological polar surface area (TPSA) is 61.9 Å². The number of nitrogens with zero attached hydrogens (tertiary/aromatic N) is 3. The van der Waals surface area contributed by atoms with Gasteiger partial charge in [0.15, 0.2) is 5.67 Å². The van der Waals surface area contributed by atoms with E-state index in [1.165, 1.54) is 11.3 Å². The first-order valence-corrected chi connectivity index (χ1v) is 10.5. The summed E-state index contributed by atoms with van der Waals surface area (Å²) in [4.78, 5) is 20.1. The van der Waals surface area contributed by atoms with Gasteiger partial charge in [-0.25, -0.2) is 4.39 Å². The zero-order valence-corrected chi connectivity index (χ0v) is 16.9. The van der Waals surface area contributed by atoms with Gasteiger partial charge in [0.1, 0.15) is 0 Å². The number of nitrogens with one attached hydrogen (secondary N) is 1. The van der Waals surface area contributed by atoms with Crippen molar-refractivity contribution in [3.8, 4) is 10.4 Å². The molecule has 1 saturated heterocycles. The first-order valence-electron chi connectivity index (χ1n) is 9.20. The zero-order valence-electron chi connectivity index (χ0n) is 15.4. The van der Waals surface area contributed by atoms with Gasteiger partial charge in [-0.3, -0.25) is 14.9 Å². The fourth-order valence-corrected chi connectivity index (χ4v) is 4.94. The van der Waals surface area contributed by atoms with Crippen molar-refractivity contribution in [1.29, 1.82) is 0 Å². The number of hydrogen-bond acceptors (Lipinski definition) is 4. The number of amides is 1. The molecule has 0 aromatic carbocycles. The van der Waals surface area contributed by atoms with Crippen LogP contribution in [0.3, 0.4) is 0 Å². The molecule has 2 unspecified atom stereocenters. The Hall–Kier alpha value is -2.25. The largest absolute Gasteiger partial charge is 0.335 e. The Bertz CT molecular complexity index is 976. The second-order valence-electron chi connectivity index (χ2n) is 7.00. The highest BCUT2D eigenvalue weighted by Gasteiger charge is 2.44. The summed E-state index contributed by atoms with van der Waals surface area (Å²) in [7, 11) is 0. The summed E-state index contributed by atoms with van der Waals surface area (Å²) in [5.74, 6) is -0.0630. The number of hydrogen-bond donors (Lipinski definition) is 1. The number of aromatic amines is 1. The van der Waals surface area contributed by atoms with Gasteiger partial charge in [-0.1, -0.05) is 18.5 Å². The lowest BCUT2D eigenvalue weighted by Crippen LogP contribution is -2.50. The van der Waals surface area contributed by atoms with Crippen molar-refractivity contribution in [2.24, 2.45) is 0 Å². The van der Waals surface area contributed by atoms with E-state index in [0.717, 1.165) is 10.4 Å². The van der Waals surface area contributed by atoms with Crippen LogP contribution in [0, 0.1) is 0 Å². The average Bonchev–Trinajstić information content (AvgIpc) is 3.39. The third-order valence-corrected chi connectivity index (χ3v) is 6.58. The SMILES string of the molecule is CCC1CC(F)(c2ncccc2Cl)CCN1C(=O)c1csc(-c2cn[nH]c2)c1. The fourth-order valence-electron chi connectivity index (χ4n) is 3.78. The van der Waals surface area contributed by atoms with E-state index >= 15 is 4.39 Å². The van der Waals surface area contributed by atoms with E-state index in [4.69, 9.17) is 11.6 Å². The van der Waals surface area contributed by atoms with Crippen LogP contribution in [0.2, 0.25) is 5.02 Å². The van der Waals surface area contributed by atoms with Gasteiger partial charge in [0, 0.05) is 53.6 Å². The maximum Gasteiger partial charge on any atom is 0.254 e. The smallest absolute Gasteiger partial charge is 0.254 e. The Labute approximate surface area is 171 Å². The zero-order chi connectivity index (χ0) is 19.7. The molecule has 8 heteroatoms. The number of aromatic nitrogens is 3. The van der Waals surface area contributed by atoms with Gasteiger partial charge >= 0.3 is 0 Å². The third kappa shape index (κ3) is 3.44. The van der Waals surface area contributed by atoms with Crippen molar-refractivity contribution in [3.05, 3.63) is 58.4 Å². The molecule has 3 aromatic rings. The summed E-state index contributed by atoms with van der Waals surface area (Å²) in [5, 5.41) is 8.91. The molecular formula is C20H20ClFN4OS. The van der Waals surface area contributed by atoms with Gasteiger partial charge in [0.2, 0.25) is 0 Å². The highest BCUT2D eigenvalue weighted by atomic mass is 35.5. The van der Waals surface area contributed by atoms with Gasteiger partial charge in [-0.15, -0.1) is 11.3 Å². The molecule has 0 spiro atoms. The summed E-state index contributed by atoms with van der Waals surface area (Å²) in [6.45, 7) is 2.30. The van der Waals surface area contributed by atoms with Crippen LogP contribution >= 0.6 is 22.9 Å². The van der Waals surface area contributed by atoms with E-state index in [9.17, 15) is 4.79 Å². The number of thiophene rings is 1. The van der Waals surface area contributed by atoms with Crippen LogP contribution in [-0.4, -0.2) is 38.6 Å². The number of rotatable bonds is 4. The van der Waals surface area contributed by atoms with E-state index in [1.807, 2.05) is 18.4 Å². The monoisotopic (exact) mass is 418 g/mol. The fraction of sp³-hybridized carbons (Fsp3) is 0.350. The van der Waals surface area contributed by atoms with E-state index in [-0.39, 0.29) is 30.5 Å². The second kappa shape index (κ2) is 7.64. The summed E-state index contributed by atoms with van der Waals surface area (Å²) in [6, 6.07) is 5.02. The summed E-state index contributed by atoms with van der Waals surface area (Å²) < 4.78 is 15.7. The summed E-state index contributed by atoms with van der Waals surface area (Å²) >= 11 is 7.69. The first kappa shape index (κ1) is 19.1. The highest BCUT2D eigenvalue weighted by molar-refractivity contribution is 7.13. The standard InChI is InChI=1S/C20H20ClFN4OS/c1-2-15-9-20(22,18-16(21)4-3-6-23-18)5-7-26(15)19(27)13-8-17(28-12-13)14-10-24-25-11-14/h3-4,6,8,10-12,15H,2,5,7,9H2,1H3,(H,24,25). The van der Waals surface area contributed by atoms with Crippen molar-refractivity contribution in [3.63, 3.8) is 0 Å². The molecule has 5 nitrogen and oxygen atoms in total. The average molecular weight is 419 g/mol. The minimum absolute atomic E-state index is 0.0630. The minimum Gasteiger partial charge on any atom is -0.335 e. The van der Waals surface area contributed by atoms with Crippen molar-refractivity contribution in [1.82, 2.24) is 20.1 Å². The summed E-state index contributed by atoms with van der Waals surface area (Å²) in [5.41, 5.74) is 0.232. The molecule has 1 fully saturated rings. The van der Waals surface area contributed by atoms with Gasteiger partial charge < -0.3 is 4.90 Å². The number of piperidine rings is 1. The Morgan fingerprint density at radius 1 is 1.54 bits per heavy atom. The van der Waals surface area contributed by atoms with Gasteiger partial charge in [-0.2, -0.15) is 5.10 Å². The van der Waals surface area contributed by atoms with Crippen LogP contribution < -0.4 is 0 Å². The van der Waals surface area contributed by atoms with E-state index < -0.39 is 5.67 Å². The molecule has 28 heavy (non-hydrogen) atoms. The predicted molar refractivity (Wildman–Crippen MR) is 108 cm³/mol. The number of pyridine rings is 1. The maximum absolute atomic E-state index is 15.7. The number of carbonyl (C=O) groups excluding carboxylic acids is 1. The van der Waals surface area contributed by atoms with Gasteiger partial charge in [0.05, 0.1) is 22.5 Å². The maximum atomic E-state index is 15.7. The highest BCUT2D eigenvalue weighted by Crippen LogP contribution is 2.42. The van der Waals surface area contributed by atoms with Crippen LogP contribution in [0.5, 0.6) is 0 Å². The van der Waals surface area contributed by atoms with E-state index in [1.54, 1.807) is 35.6 Å². The van der Waals surface area contributed by atoms with Gasteiger partial charge in [0.25, 0.3) is 5.91 Å². The number of H-pyrrole nitrogens is 1. The molecular weight excluding hydrogens is 399 g/mol. The van der Waals surface area contributed by atoms with Crippen LogP contribution in [-0.2, 0) is 5.67 Å². The predicted octanol–water partition coefficient (Wildman–Crippen LogP) is 5.07.